The van der Waals surface area contributed by atoms with Crippen LogP contribution >= 0.6 is 11.6 Å². The largest absolute Gasteiger partial charge is 0.398 e. The van der Waals surface area contributed by atoms with Crippen molar-refractivity contribution in [2.45, 2.75) is 4.90 Å². The van der Waals surface area contributed by atoms with Gasteiger partial charge in [-0.15, -0.1) is 0 Å². The molecule has 0 aliphatic carbocycles. The van der Waals surface area contributed by atoms with Crippen molar-refractivity contribution in [3.05, 3.63) is 47.5 Å². The standard InChI is InChI=1S/C16H17ClN4O2S/c1-20-10-16(19-13-8-7-11(17)9-14(13)20)21(2)24(22,23)15-6-4-3-5-12(15)18/h3-9H,10,18H2,1-2H3. The molecule has 6 nitrogen and oxygen atoms in total. The fourth-order valence-corrected chi connectivity index (χ4v) is 3.99. The highest BCUT2D eigenvalue weighted by Gasteiger charge is 2.29. The molecular weight excluding hydrogens is 348 g/mol. The van der Waals surface area contributed by atoms with Gasteiger partial charge in [-0.05, 0) is 30.3 Å². The van der Waals surface area contributed by atoms with E-state index < -0.39 is 10.0 Å². The van der Waals surface area contributed by atoms with Crippen LogP contribution in [0.3, 0.4) is 0 Å². The van der Waals surface area contributed by atoms with Crippen molar-refractivity contribution in [1.29, 1.82) is 0 Å². The summed E-state index contributed by atoms with van der Waals surface area (Å²) in [4.78, 5) is 6.46. The lowest BCUT2D eigenvalue weighted by Gasteiger charge is -2.31. The quantitative estimate of drug-likeness (QED) is 0.831. The second-order valence-electron chi connectivity index (χ2n) is 5.53. The lowest BCUT2D eigenvalue weighted by atomic mass is 10.2. The summed E-state index contributed by atoms with van der Waals surface area (Å²) in [5.41, 5.74) is 7.56. The number of hydrogen-bond donors (Lipinski definition) is 1. The average Bonchev–Trinajstić information content (AvgIpc) is 2.55. The number of amidine groups is 1. The highest BCUT2D eigenvalue weighted by Crippen LogP contribution is 2.34. The first-order valence-electron chi connectivity index (χ1n) is 7.22. The molecule has 0 radical (unpaired) electrons. The Morgan fingerprint density at radius 1 is 1.25 bits per heavy atom. The minimum atomic E-state index is -3.78. The zero-order chi connectivity index (χ0) is 17.5. The monoisotopic (exact) mass is 364 g/mol. The first kappa shape index (κ1) is 16.6. The van der Waals surface area contributed by atoms with E-state index in [2.05, 4.69) is 4.99 Å². The Bertz CT molecular complexity index is 927. The Kier molecular flexibility index (Phi) is 4.15. The van der Waals surface area contributed by atoms with Crippen LogP contribution in [-0.4, -0.2) is 39.2 Å². The number of hydrogen-bond acceptors (Lipinski definition) is 5. The molecule has 2 aromatic rings. The summed E-state index contributed by atoms with van der Waals surface area (Å²) < 4.78 is 26.9. The number of rotatable bonds is 2. The number of nitrogens with zero attached hydrogens (tertiary/aromatic N) is 3. The highest BCUT2D eigenvalue weighted by atomic mass is 35.5. The molecular formula is C16H17ClN4O2S. The second-order valence-corrected chi connectivity index (χ2v) is 7.90. The van der Waals surface area contributed by atoms with Crippen molar-refractivity contribution in [2.75, 3.05) is 31.3 Å². The maximum atomic E-state index is 12.9. The number of sulfonamides is 1. The molecule has 24 heavy (non-hydrogen) atoms. The minimum Gasteiger partial charge on any atom is -0.398 e. The van der Waals surface area contributed by atoms with Crippen molar-refractivity contribution in [2.24, 2.45) is 4.99 Å². The lowest BCUT2D eigenvalue weighted by Crippen LogP contribution is -2.42. The molecule has 0 aromatic heterocycles. The third kappa shape index (κ3) is 2.81. The molecule has 2 aromatic carbocycles. The van der Waals surface area contributed by atoms with Crippen molar-refractivity contribution in [3.63, 3.8) is 0 Å². The van der Waals surface area contributed by atoms with E-state index in [4.69, 9.17) is 17.3 Å². The van der Waals surface area contributed by atoms with Gasteiger partial charge in [0.1, 0.15) is 10.7 Å². The molecule has 3 rings (SSSR count). The fourth-order valence-electron chi connectivity index (χ4n) is 2.54. The van der Waals surface area contributed by atoms with Gasteiger partial charge >= 0.3 is 0 Å². The van der Waals surface area contributed by atoms with Crippen LogP contribution in [-0.2, 0) is 10.0 Å². The van der Waals surface area contributed by atoms with Gasteiger partial charge in [-0.2, -0.15) is 0 Å². The molecule has 1 heterocycles. The molecule has 0 bridgehead atoms. The highest BCUT2D eigenvalue weighted by molar-refractivity contribution is 7.89. The first-order valence-corrected chi connectivity index (χ1v) is 9.04. The Balaban J connectivity index is 2.03. The summed E-state index contributed by atoms with van der Waals surface area (Å²) >= 11 is 6.02. The van der Waals surface area contributed by atoms with Crippen molar-refractivity contribution in [1.82, 2.24) is 4.31 Å². The number of likely N-dealkylation sites (N-methyl/N-ethyl adjacent to an activating group) is 2. The average molecular weight is 365 g/mol. The molecule has 1 aliphatic rings. The number of benzene rings is 2. The molecule has 0 spiro atoms. The van der Waals surface area contributed by atoms with Crippen LogP contribution in [0, 0.1) is 0 Å². The molecule has 0 fully saturated rings. The molecule has 1 aliphatic heterocycles. The van der Waals surface area contributed by atoms with Crippen molar-refractivity contribution in [3.8, 4) is 0 Å². The maximum absolute atomic E-state index is 12.9. The number of fused-ring (bicyclic) bond motifs is 1. The van der Waals surface area contributed by atoms with E-state index in [-0.39, 0.29) is 10.6 Å². The Hall–Kier alpha value is -2.25. The van der Waals surface area contributed by atoms with E-state index >= 15 is 0 Å². The van der Waals surface area contributed by atoms with Crippen LogP contribution in [0.1, 0.15) is 0 Å². The second kappa shape index (κ2) is 5.99. The smallest absolute Gasteiger partial charge is 0.267 e. The van der Waals surface area contributed by atoms with Crippen molar-refractivity contribution < 1.29 is 8.42 Å². The predicted molar refractivity (Wildman–Crippen MR) is 97.6 cm³/mol. The van der Waals surface area contributed by atoms with Gasteiger partial charge < -0.3 is 10.6 Å². The van der Waals surface area contributed by atoms with E-state index in [0.29, 0.717) is 23.1 Å². The van der Waals surface area contributed by atoms with Crippen LogP contribution in [0.25, 0.3) is 0 Å². The van der Waals surface area contributed by atoms with Gasteiger partial charge in [0, 0.05) is 19.1 Å². The van der Waals surface area contributed by atoms with Crippen LogP contribution in [0.4, 0.5) is 17.1 Å². The first-order chi connectivity index (χ1) is 11.3. The van der Waals surface area contributed by atoms with Gasteiger partial charge in [0.15, 0.2) is 0 Å². The number of nitrogen functional groups attached to an aromatic ring is 1. The number of anilines is 2. The maximum Gasteiger partial charge on any atom is 0.267 e. The van der Waals surface area contributed by atoms with E-state index in [1.54, 1.807) is 36.4 Å². The minimum absolute atomic E-state index is 0.0692. The Morgan fingerprint density at radius 3 is 2.67 bits per heavy atom. The molecule has 126 valence electrons. The van der Waals surface area contributed by atoms with E-state index in [9.17, 15) is 8.42 Å². The molecule has 8 heteroatoms. The van der Waals surface area contributed by atoms with E-state index in [0.717, 1.165) is 5.69 Å². The van der Waals surface area contributed by atoms with Crippen LogP contribution in [0.5, 0.6) is 0 Å². The molecule has 2 N–H and O–H groups in total. The van der Waals surface area contributed by atoms with Gasteiger partial charge in [0.05, 0.1) is 23.6 Å². The molecule has 0 atom stereocenters. The summed E-state index contributed by atoms with van der Waals surface area (Å²) in [7, 11) is -0.435. The van der Waals surface area contributed by atoms with Gasteiger partial charge in [-0.1, -0.05) is 23.7 Å². The molecule has 0 saturated heterocycles. The van der Waals surface area contributed by atoms with Crippen LogP contribution < -0.4 is 10.6 Å². The third-order valence-electron chi connectivity index (χ3n) is 3.90. The molecule has 0 saturated carbocycles. The van der Waals surface area contributed by atoms with Gasteiger partial charge in [0.2, 0.25) is 0 Å². The normalized spacial score (nSPS) is 14.1. The van der Waals surface area contributed by atoms with Gasteiger partial charge in [-0.25, -0.2) is 13.4 Å². The van der Waals surface area contributed by atoms with Gasteiger partial charge in [-0.3, -0.25) is 4.31 Å². The fraction of sp³-hybridized carbons (Fsp3) is 0.188. The number of aliphatic imine (C=N–C) groups is 1. The van der Waals surface area contributed by atoms with Crippen molar-refractivity contribution >= 4 is 44.5 Å². The number of para-hydroxylation sites is 1. The number of halogens is 1. The van der Waals surface area contributed by atoms with Gasteiger partial charge in [0.25, 0.3) is 10.0 Å². The molecule has 0 unspecified atom stereocenters. The summed E-state index contributed by atoms with van der Waals surface area (Å²) in [5.74, 6) is 0.413. The molecule has 0 amide bonds. The Labute approximate surface area is 146 Å². The summed E-state index contributed by atoms with van der Waals surface area (Å²) in [5, 5.41) is 0.609. The van der Waals surface area contributed by atoms with Crippen LogP contribution in [0.15, 0.2) is 52.4 Å². The van der Waals surface area contributed by atoms with E-state index in [1.807, 2.05) is 11.9 Å². The summed E-state index contributed by atoms with van der Waals surface area (Å²) in [6.45, 7) is 0.343. The SMILES string of the molecule is CN1CC(N(C)S(=O)(=O)c2ccccc2N)=Nc2ccc(Cl)cc21. The lowest BCUT2D eigenvalue weighted by molar-refractivity contribution is 0.550. The predicted octanol–water partition coefficient (Wildman–Crippen LogP) is 2.72. The van der Waals surface area contributed by atoms with E-state index in [1.165, 1.54) is 17.4 Å². The summed E-state index contributed by atoms with van der Waals surface area (Å²) in [6.07, 6.45) is 0. The Morgan fingerprint density at radius 2 is 1.96 bits per heavy atom. The number of nitrogens with two attached hydrogens (primary N) is 1. The summed E-state index contributed by atoms with van der Waals surface area (Å²) in [6, 6.07) is 11.7. The zero-order valence-corrected chi connectivity index (χ0v) is 14.8. The third-order valence-corrected chi connectivity index (χ3v) is 5.99. The zero-order valence-electron chi connectivity index (χ0n) is 13.3. The van der Waals surface area contributed by atoms with Crippen LogP contribution in [0.2, 0.25) is 5.02 Å². The topological polar surface area (TPSA) is 79.0 Å².